The Morgan fingerprint density at radius 2 is 2.00 bits per heavy atom. The summed E-state index contributed by atoms with van der Waals surface area (Å²) < 4.78 is 33.0. The molecule has 3 aromatic rings. The highest BCUT2D eigenvalue weighted by atomic mass is 32.2. The van der Waals surface area contributed by atoms with Gasteiger partial charge in [-0.05, 0) is 36.8 Å². The van der Waals surface area contributed by atoms with Gasteiger partial charge in [0.2, 0.25) is 11.8 Å². The number of aromatic nitrogens is 1. The number of carbonyl (C=O) groups is 1. The van der Waals surface area contributed by atoms with E-state index in [1.807, 2.05) is 18.2 Å². The Labute approximate surface area is 167 Å². The number of rotatable bonds is 5. The van der Waals surface area contributed by atoms with Crippen molar-refractivity contribution in [2.75, 3.05) is 11.9 Å². The van der Waals surface area contributed by atoms with E-state index in [0.717, 1.165) is 6.42 Å². The van der Waals surface area contributed by atoms with Crippen molar-refractivity contribution in [1.29, 1.82) is 0 Å². The zero-order valence-electron chi connectivity index (χ0n) is 15.3. The van der Waals surface area contributed by atoms with Gasteiger partial charge >= 0.3 is 0 Å². The van der Waals surface area contributed by atoms with Crippen LogP contribution in [-0.4, -0.2) is 31.7 Å². The van der Waals surface area contributed by atoms with Gasteiger partial charge in [-0.1, -0.05) is 18.2 Å². The van der Waals surface area contributed by atoms with Crippen LogP contribution >= 0.6 is 0 Å². The van der Waals surface area contributed by atoms with Gasteiger partial charge in [-0.15, -0.1) is 0 Å². The summed E-state index contributed by atoms with van der Waals surface area (Å²) in [6.07, 6.45) is 4.17. The highest BCUT2D eigenvalue weighted by molar-refractivity contribution is 7.90. The molecule has 0 aliphatic carbocycles. The van der Waals surface area contributed by atoms with Gasteiger partial charge in [0, 0.05) is 30.8 Å². The number of fused-ring (bicyclic) bond motifs is 1. The second-order valence-corrected chi connectivity index (χ2v) is 8.09. The first kappa shape index (κ1) is 18.9. The smallest absolute Gasteiger partial charge is 0.262 e. The van der Waals surface area contributed by atoms with E-state index < -0.39 is 15.9 Å². The fourth-order valence-electron chi connectivity index (χ4n) is 2.87. The highest BCUT2D eigenvalue weighted by Crippen LogP contribution is 2.18. The molecule has 8 nitrogen and oxygen atoms in total. The SMILES string of the molecule is O=C(/C=C/c1nc2ccccc2o1)Nc1cccc(S(=O)(=O)NC2=NCCC2)c1. The second-order valence-electron chi connectivity index (χ2n) is 6.41. The monoisotopic (exact) mass is 410 g/mol. The zero-order valence-corrected chi connectivity index (χ0v) is 16.1. The fraction of sp³-hybridized carbons (Fsp3) is 0.150. The quantitative estimate of drug-likeness (QED) is 0.628. The number of benzene rings is 2. The van der Waals surface area contributed by atoms with Crippen LogP contribution in [0.15, 0.2) is 68.9 Å². The zero-order chi connectivity index (χ0) is 20.3. The van der Waals surface area contributed by atoms with Crippen molar-refractivity contribution in [2.24, 2.45) is 4.99 Å². The molecular formula is C20H18N4O4S. The Bertz CT molecular complexity index is 1200. The maximum atomic E-state index is 12.5. The van der Waals surface area contributed by atoms with Crippen molar-refractivity contribution in [1.82, 2.24) is 9.71 Å². The van der Waals surface area contributed by atoms with Crippen LogP contribution in [0.1, 0.15) is 18.7 Å². The van der Waals surface area contributed by atoms with Gasteiger partial charge in [-0.2, -0.15) is 0 Å². The minimum absolute atomic E-state index is 0.0489. The molecule has 4 rings (SSSR count). The van der Waals surface area contributed by atoms with Crippen molar-refractivity contribution in [3.05, 3.63) is 60.5 Å². The summed E-state index contributed by atoms with van der Waals surface area (Å²) >= 11 is 0. The Morgan fingerprint density at radius 1 is 1.14 bits per heavy atom. The molecule has 1 aliphatic rings. The van der Waals surface area contributed by atoms with Crippen LogP contribution in [0.5, 0.6) is 0 Å². The van der Waals surface area contributed by atoms with Gasteiger partial charge in [0.1, 0.15) is 11.4 Å². The Hall–Kier alpha value is -3.46. The minimum Gasteiger partial charge on any atom is -0.437 e. The molecule has 0 saturated heterocycles. The lowest BCUT2D eigenvalue weighted by molar-refractivity contribution is -0.111. The molecule has 1 aliphatic heterocycles. The Kier molecular flexibility index (Phi) is 5.13. The first-order valence-electron chi connectivity index (χ1n) is 9.00. The third-order valence-electron chi connectivity index (χ3n) is 4.23. The third kappa shape index (κ3) is 4.52. The summed E-state index contributed by atoms with van der Waals surface area (Å²) in [5.74, 6) is 0.329. The molecule has 0 fully saturated rings. The molecule has 0 atom stereocenters. The minimum atomic E-state index is -3.75. The number of para-hydroxylation sites is 2. The topological polar surface area (TPSA) is 114 Å². The number of amides is 1. The number of hydrogen-bond donors (Lipinski definition) is 2. The second kappa shape index (κ2) is 7.88. The molecule has 1 aromatic heterocycles. The largest absolute Gasteiger partial charge is 0.437 e. The highest BCUT2D eigenvalue weighted by Gasteiger charge is 2.18. The van der Waals surface area contributed by atoms with Crippen LogP contribution in [0.3, 0.4) is 0 Å². The number of oxazole rings is 1. The normalized spacial score (nSPS) is 14.3. The molecule has 0 spiro atoms. The van der Waals surface area contributed by atoms with E-state index >= 15 is 0 Å². The molecule has 1 amide bonds. The molecule has 29 heavy (non-hydrogen) atoms. The number of amidine groups is 1. The number of anilines is 1. The maximum absolute atomic E-state index is 12.5. The standard InChI is InChI=1S/C20H18N4O4S/c25-19(10-11-20-23-16-7-1-2-8-17(16)28-20)22-14-5-3-6-15(13-14)29(26,27)24-18-9-4-12-21-18/h1-3,5-8,10-11,13H,4,9,12H2,(H,21,24)(H,22,25)/b11-10+. The van der Waals surface area contributed by atoms with E-state index in [9.17, 15) is 13.2 Å². The molecule has 0 unspecified atom stereocenters. The summed E-state index contributed by atoms with van der Waals surface area (Å²) in [6.45, 7) is 0.625. The van der Waals surface area contributed by atoms with Crippen molar-refractivity contribution in [3.8, 4) is 0 Å². The predicted molar refractivity (Wildman–Crippen MR) is 110 cm³/mol. The van der Waals surface area contributed by atoms with Gasteiger partial charge in [0.05, 0.1) is 4.90 Å². The molecule has 9 heteroatoms. The lowest BCUT2D eigenvalue weighted by atomic mass is 10.3. The number of sulfonamides is 1. The van der Waals surface area contributed by atoms with Crippen LogP contribution < -0.4 is 10.0 Å². The van der Waals surface area contributed by atoms with E-state index in [1.165, 1.54) is 24.3 Å². The molecule has 0 radical (unpaired) electrons. The van der Waals surface area contributed by atoms with Crippen molar-refractivity contribution in [3.63, 3.8) is 0 Å². The van der Waals surface area contributed by atoms with E-state index in [0.29, 0.717) is 41.5 Å². The average Bonchev–Trinajstić information content (AvgIpc) is 3.35. The van der Waals surface area contributed by atoms with Gasteiger partial charge in [0.15, 0.2) is 5.58 Å². The van der Waals surface area contributed by atoms with Crippen LogP contribution in [-0.2, 0) is 14.8 Å². The van der Waals surface area contributed by atoms with E-state index in [-0.39, 0.29) is 4.90 Å². The fourth-order valence-corrected chi connectivity index (χ4v) is 4.00. The molecule has 2 aromatic carbocycles. The van der Waals surface area contributed by atoms with E-state index in [2.05, 4.69) is 20.0 Å². The molecule has 2 N–H and O–H groups in total. The predicted octanol–water partition coefficient (Wildman–Crippen LogP) is 2.95. The Balaban J connectivity index is 1.45. The number of carbonyl (C=O) groups excluding carboxylic acids is 1. The number of nitrogens with one attached hydrogen (secondary N) is 2. The first-order chi connectivity index (χ1) is 14.0. The molecule has 0 saturated carbocycles. The van der Waals surface area contributed by atoms with Crippen LogP contribution in [0.4, 0.5) is 5.69 Å². The van der Waals surface area contributed by atoms with Gasteiger partial charge in [0.25, 0.3) is 10.0 Å². The van der Waals surface area contributed by atoms with Crippen molar-refractivity contribution < 1.29 is 17.6 Å². The summed E-state index contributed by atoms with van der Waals surface area (Å²) in [5, 5.41) is 2.63. The van der Waals surface area contributed by atoms with Crippen molar-refractivity contribution >= 4 is 44.6 Å². The summed E-state index contributed by atoms with van der Waals surface area (Å²) in [6, 6.07) is 13.3. The molecular weight excluding hydrogens is 392 g/mol. The summed E-state index contributed by atoms with van der Waals surface area (Å²) in [4.78, 5) is 20.6. The lowest BCUT2D eigenvalue weighted by Gasteiger charge is -2.09. The van der Waals surface area contributed by atoms with Crippen molar-refractivity contribution in [2.45, 2.75) is 17.7 Å². The first-order valence-corrected chi connectivity index (χ1v) is 10.5. The van der Waals surface area contributed by atoms with Gasteiger partial charge in [-0.25, -0.2) is 13.4 Å². The Morgan fingerprint density at radius 3 is 2.79 bits per heavy atom. The number of hydrogen-bond acceptors (Lipinski definition) is 6. The van der Waals surface area contributed by atoms with E-state index in [1.54, 1.807) is 18.2 Å². The van der Waals surface area contributed by atoms with Gasteiger partial charge in [-0.3, -0.25) is 14.5 Å². The molecule has 148 valence electrons. The van der Waals surface area contributed by atoms with Gasteiger partial charge < -0.3 is 9.73 Å². The average molecular weight is 410 g/mol. The van der Waals surface area contributed by atoms with Crippen LogP contribution in [0, 0.1) is 0 Å². The number of aliphatic imine (C=N–C) groups is 1. The molecule has 2 heterocycles. The van der Waals surface area contributed by atoms with Crippen LogP contribution in [0.2, 0.25) is 0 Å². The summed E-state index contributed by atoms with van der Waals surface area (Å²) in [5.41, 5.74) is 1.68. The lowest BCUT2D eigenvalue weighted by Crippen LogP contribution is -2.29. The molecule has 0 bridgehead atoms. The number of nitrogens with zero attached hydrogens (tertiary/aromatic N) is 2. The maximum Gasteiger partial charge on any atom is 0.262 e. The third-order valence-corrected chi connectivity index (χ3v) is 5.61. The summed E-state index contributed by atoms with van der Waals surface area (Å²) in [7, 11) is -3.75. The van der Waals surface area contributed by atoms with Crippen LogP contribution in [0.25, 0.3) is 17.2 Å². The van der Waals surface area contributed by atoms with E-state index in [4.69, 9.17) is 4.42 Å².